The maximum atomic E-state index is 12.8. The van der Waals surface area contributed by atoms with Crippen LogP contribution >= 0.6 is 11.6 Å². The van der Waals surface area contributed by atoms with E-state index in [0.29, 0.717) is 55.7 Å². The summed E-state index contributed by atoms with van der Waals surface area (Å²) in [5.74, 6) is 0.837. The van der Waals surface area contributed by atoms with E-state index in [1.54, 1.807) is 18.6 Å². The number of anilines is 2. The summed E-state index contributed by atoms with van der Waals surface area (Å²) in [6.45, 7) is 7.18. The first kappa shape index (κ1) is 23.4. The number of hydrogen-bond donors (Lipinski definition) is 2. The molecule has 2 saturated heterocycles. The van der Waals surface area contributed by atoms with Gasteiger partial charge in [-0.3, -0.25) is 9.59 Å². The molecule has 2 aromatic heterocycles. The molecule has 1 amide bonds. The van der Waals surface area contributed by atoms with Gasteiger partial charge in [0.1, 0.15) is 0 Å². The Balaban J connectivity index is 1.22. The molecular weight excluding hydrogens is 446 g/mol. The molecule has 0 saturated carbocycles. The summed E-state index contributed by atoms with van der Waals surface area (Å²) in [6.07, 6.45) is 6.84. The standard InChI is InChI=1S/C22H30ClN7O3/c1-14(2)20-18(13-27-28-21(20)32)24-12-17-4-3-16(33-17)9-19(31)29-5-7-30(8-6-29)22-25-10-15(23)11-26-22/h10-11,13-14,16-17H,3-9,12H2,1-2H3,(H2,24,28,32)/t16-,17+/m1/s1. The van der Waals surface area contributed by atoms with E-state index in [4.69, 9.17) is 16.3 Å². The maximum Gasteiger partial charge on any atom is 0.269 e. The predicted molar refractivity (Wildman–Crippen MR) is 126 cm³/mol. The lowest BCUT2D eigenvalue weighted by atomic mass is 10.0. The Morgan fingerprint density at radius 3 is 2.58 bits per heavy atom. The van der Waals surface area contributed by atoms with Gasteiger partial charge in [-0.15, -0.1) is 0 Å². The lowest BCUT2D eigenvalue weighted by Gasteiger charge is -2.35. The van der Waals surface area contributed by atoms with Crippen molar-refractivity contribution in [2.24, 2.45) is 0 Å². The first-order valence-corrected chi connectivity index (χ1v) is 11.8. The van der Waals surface area contributed by atoms with Crippen molar-refractivity contribution >= 4 is 29.1 Å². The molecule has 0 bridgehead atoms. The van der Waals surface area contributed by atoms with E-state index < -0.39 is 0 Å². The molecule has 0 aliphatic carbocycles. The van der Waals surface area contributed by atoms with Gasteiger partial charge >= 0.3 is 0 Å². The van der Waals surface area contributed by atoms with Crippen molar-refractivity contribution in [2.45, 2.75) is 51.2 Å². The molecule has 10 nitrogen and oxygen atoms in total. The molecule has 4 rings (SSSR count). The number of carbonyl (C=O) groups is 1. The predicted octanol–water partition coefficient (Wildman–Crippen LogP) is 2.04. The summed E-state index contributed by atoms with van der Waals surface area (Å²) in [5.41, 5.74) is 1.26. The summed E-state index contributed by atoms with van der Waals surface area (Å²) in [4.78, 5) is 37.3. The van der Waals surface area contributed by atoms with Crippen LogP contribution in [-0.2, 0) is 9.53 Å². The molecule has 178 valence electrons. The van der Waals surface area contributed by atoms with Crippen LogP contribution in [0.2, 0.25) is 5.02 Å². The van der Waals surface area contributed by atoms with Crippen molar-refractivity contribution in [3.05, 3.63) is 39.5 Å². The fourth-order valence-electron chi connectivity index (χ4n) is 4.37. The lowest BCUT2D eigenvalue weighted by molar-refractivity contribution is -0.134. The highest BCUT2D eigenvalue weighted by Gasteiger charge is 2.30. The van der Waals surface area contributed by atoms with Crippen molar-refractivity contribution in [3.63, 3.8) is 0 Å². The fourth-order valence-corrected chi connectivity index (χ4v) is 4.47. The van der Waals surface area contributed by atoms with Gasteiger partial charge in [0.05, 0.1) is 47.9 Å². The number of halogens is 1. The lowest BCUT2D eigenvalue weighted by Crippen LogP contribution is -2.49. The quantitative estimate of drug-likeness (QED) is 0.624. The molecule has 11 heteroatoms. The van der Waals surface area contributed by atoms with E-state index in [-0.39, 0.29) is 29.6 Å². The molecule has 2 aliphatic heterocycles. The van der Waals surface area contributed by atoms with Crippen molar-refractivity contribution in [3.8, 4) is 0 Å². The SMILES string of the molecule is CC(C)c1c(NC[C@@H]2CC[C@H](CC(=O)N3CCN(c4ncc(Cl)cn4)CC3)O2)cn[nH]c1=O. The zero-order valence-electron chi connectivity index (χ0n) is 19.0. The van der Waals surface area contributed by atoms with Crippen LogP contribution in [0.5, 0.6) is 0 Å². The Labute approximate surface area is 197 Å². The molecule has 0 spiro atoms. The molecule has 4 heterocycles. The van der Waals surface area contributed by atoms with Gasteiger partial charge < -0.3 is 19.9 Å². The van der Waals surface area contributed by atoms with Gasteiger partial charge in [0.2, 0.25) is 11.9 Å². The van der Waals surface area contributed by atoms with Crippen molar-refractivity contribution in [1.29, 1.82) is 0 Å². The third-order valence-electron chi connectivity index (χ3n) is 6.11. The van der Waals surface area contributed by atoms with E-state index in [9.17, 15) is 9.59 Å². The molecule has 2 aliphatic rings. The smallest absolute Gasteiger partial charge is 0.269 e. The zero-order valence-corrected chi connectivity index (χ0v) is 19.7. The van der Waals surface area contributed by atoms with Crippen LogP contribution in [0.4, 0.5) is 11.6 Å². The number of aromatic nitrogens is 4. The van der Waals surface area contributed by atoms with Gasteiger partial charge in [0.15, 0.2) is 0 Å². The highest BCUT2D eigenvalue weighted by atomic mass is 35.5. The number of hydrogen-bond acceptors (Lipinski definition) is 8. The number of rotatable bonds is 7. The van der Waals surface area contributed by atoms with Crippen LogP contribution in [0, 0.1) is 0 Å². The van der Waals surface area contributed by atoms with E-state index in [1.165, 1.54) is 0 Å². The Hall–Kier alpha value is -2.72. The first-order valence-electron chi connectivity index (χ1n) is 11.4. The number of H-pyrrole nitrogens is 1. The van der Waals surface area contributed by atoms with E-state index in [2.05, 4.69) is 30.4 Å². The summed E-state index contributed by atoms with van der Waals surface area (Å²) < 4.78 is 6.12. The monoisotopic (exact) mass is 475 g/mol. The number of nitrogens with zero attached hydrogens (tertiary/aromatic N) is 5. The van der Waals surface area contributed by atoms with Gasteiger partial charge in [-0.25, -0.2) is 15.1 Å². The molecule has 2 atom stereocenters. The largest absolute Gasteiger partial charge is 0.381 e. The van der Waals surface area contributed by atoms with Crippen molar-refractivity contribution in [1.82, 2.24) is 25.1 Å². The number of amides is 1. The van der Waals surface area contributed by atoms with Gasteiger partial charge in [-0.2, -0.15) is 5.10 Å². The van der Waals surface area contributed by atoms with Crippen molar-refractivity contribution < 1.29 is 9.53 Å². The van der Waals surface area contributed by atoms with Crippen LogP contribution in [0.15, 0.2) is 23.4 Å². The van der Waals surface area contributed by atoms with Gasteiger partial charge in [-0.05, 0) is 18.8 Å². The summed E-state index contributed by atoms with van der Waals surface area (Å²) in [7, 11) is 0. The molecule has 2 fully saturated rings. The fraction of sp³-hybridized carbons (Fsp3) is 0.591. The highest BCUT2D eigenvalue weighted by Crippen LogP contribution is 2.25. The van der Waals surface area contributed by atoms with E-state index in [1.807, 2.05) is 18.7 Å². The highest BCUT2D eigenvalue weighted by molar-refractivity contribution is 6.30. The molecular formula is C22H30ClN7O3. The minimum Gasteiger partial charge on any atom is -0.381 e. The number of nitrogens with one attached hydrogen (secondary N) is 2. The van der Waals surface area contributed by atoms with Crippen molar-refractivity contribution in [2.75, 3.05) is 42.9 Å². The zero-order chi connectivity index (χ0) is 23.4. The number of carbonyl (C=O) groups excluding carboxylic acids is 1. The number of ether oxygens (including phenoxy) is 1. The molecule has 0 radical (unpaired) electrons. The Bertz CT molecular complexity index is 1010. The summed E-state index contributed by atoms with van der Waals surface area (Å²) >= 11 is 5.85. The second kappa shape index (κ2) is 10.5. The second-order valence-corrected chi connectivity index (χ2v) is 9.23. The van der Waals surface area contributed by atoms with Gasteiger partial charge in [0, 0.05) is 38.3 Å². The maximum absolute atomic E-state index is 12.8. The normalized spacial score (nSPS) is 21.0. The summed E-state index contributed by atoms with van der Waals surface area (Å²) in [6, 6.07) is 0. The minimum atomic E-state index is -0.173. The molecule has 2 N–H and O–H groups in total. The third-order valence-corrected chi connectivity index (χ3v) is 6.31. The summed E-state index contributed by atoms with van der Waals surface area (Å²) in [5, 5.41) is 10.2. The minimum absolute atomic E-state index is 0.000927. The average molecular weight is 476 g/mol. The first-order chi connectivity index (χ1) is 15.9. The molecule has 33 heavy (non-hydrogen) atoms. The van der Waals surface area contributed by atoms with E-state index in [0.717, 1.165) is 18.5 Å². The topological polar surface area (TPSA) is 116 Å². The van der Waals surface area contributed by atoms with E-state index >= 15 is 0 Å². The van der Waals surface area contributed by atoms with Gasteiger partial charge in [-0.1, -0.05) is 25.4 Å². The van der Waals surface area contributed by atoms with Crippen LogP contribution in [0.3, 0.4) is 0 Å². The van der Waals surface area contributed by atoms with Crippen LogP contribution in [0.25, 0.3) is 0 Å². The number of piperazine rings is 1. The molecule has 0 aromatic carbocycles. The number of aromatic amines is 1. The molecule has 0 unspecified atom stereocenters. The van der Waals surface area contributed by atoms with Gasteiger partial charge in [0.25, 0.3) is 5.56 Å². The third kappa shape index (κ3) is 5.80. The van der Waals surface area contributed by atoms with Crippen LogP contribution < -0.4 is 15.8 Å². The van der Waals surface area contributed by atoms with Crippen LogP contribution in [0.1, 0.15) is 44.6 Å². The average Bonchev–Trinajstić information content (AvgIpc) is 3.25. The van der Waals surface area contributed by atoms with Crippen LogP contribution in [-0.4, -0.2) is 75.9 Å². The Kier molecular flexibility index (Phi) is 7.44. The molecule has 2 aromatic rings. The Morgan fingerprint density at radius 2 is 1.88 bits per heavy atom. The second-order valence-electron chi connectivity index (χ2n) is 8.79. The Morgan fingerprint density at radius 1 is 1.18 bits per heavy atom.